The maximum absolute atomic E-state index is 11.7. The number of nitrogens with one attached hydrogen (secondary N) is 1. The minimum Gasteiger partial charge on any atom is -0.467 e. The van der Waals surface area contributed by atoms with Crippen molar-refractivity contribution in [3.8, 4) is 0 Å². The van der Waals surface area contributed by atoms with Crippen LogP contribution in [0, 0.1) is 5.92 Å². The highest BCUT2D eigenvalue weighted by Crippen LogP contribution is 2.13. The van der Waals surface area contributed by atoms with Gasteiger partial charge in [0.1, 0.15) is 5.76 Å². The summed E-state index contributed by atoms with van der Waals surface area (Å²) in [5, 5.41) is 2.89. The lowest BCUT2D eigenvalue weighted by atomic mass is 10.0. The molecule has 1 aromatic rings. The van der Waals surface area contributed by atoms with E-state index < -0.39 is 0 Å². The fourth-order valence-electron chi connectivity index (χ4n) is 1.57. The quantitative estimate of drug-likeness (QED) is 0.774. The molecule has 0 saturated heterocycles. The molecule has 1 unspecified atom stereocenters. The highest BCUT2D eigenvalue weighted by Gasteiger charge is 2.14. The lowest BCUT2D eigenvalue weighted by molar-refractivity contribution is -0.122. The molecule has 1 aromatic heterocycles. The third-order valence-corrected chi connectivity index (χ3v) is 2.73. The van der Waals surface area contributed by atoms with E-state index in [1.165, 1.54) is 0 Å². The number of carbonyl (C=O) groups excluding carboxylic acids is 1. The maximum Gasteiger partial charge on any atom is 0.220 e. The second kappa shape index (κ2) is 6.33. The van der Waals surface area contributed by atoms with Gasteiger partial charge in [-0.15, -0.1) is 0 Å². The first-order valence-electron chi connectivity index (χ1n) is 5.70. The van der Waals surface area contributed by atoms with Gasteiger partial charge >= 0.3 is 0 Å². The van der Waals surface area contributed by atoms with Gasteiger partial charge in [-0.2, -0.15) is 0 Å². The molecule has 1 amide bonds. The van der Waals surface area contributed by atoms with Crippen molar-refractivity contribution in [2.45, 2.75) is 32.7 Å². The van der Waals surface area contributed by atoms with Gasteiger partial charge in [-0.25, -0.2) is 0 Å². The molecule has 0 aliphatic carbocycles. The smallest absolute Gasteiger partial charge is 0.220 e. The molecule has 90 valence electrons. The first kappa shape index (κ1) is 12.8. The van der Waals surface area contributed by atoms with Crippen LogP contribution in [0.25, 0.3) is 0 Å². The Morgan fingerprint density at radius 3 is 2.88 bits per heavy atom. The van der Waals surface area contributed by atoms with Gasteiger partial charge < -0.3 is 15.5 Å². The minimum absolute atomic E-state index is 0.0289. The molecule has 3 N–H and O–H groups in total. The SMILES string of the molecule is CCC(CN)CC(=O)N[C@@H](C)c1ccco1. The maximum atomic E-state index is 11.7. The van der Waals surface area contributed by atoms with Gasteiger partial charge in [0.15, 0.2) is 0 Å². The van der Waals surface area contributed by atoms with Crippen molar-refractivity contribution in [1.82, 2.24) is 5.32 Å². The average molecular weight is 224 g/mol. The third-order valence-electron chi connectivity index (χ3n) is 2.73. The van der Waals surface area contributed by atoms with E-state index in [9.17, 15) is 4.79 Å². The van der Waals surface area contributed by atoms with Gasteiger partial charge in [0.25, 0.3) is 0 Å². The number of nitrogens with two attached hydrogens (primary N) is 1. The number of hydrogen-bond acceptors (Lipinski definition) is 3. The molecule has 4 nitrogen and oxygen atoms in total. The highest BCUT2D eigenvalue weighted by molar-refractivity contribution is 5.76. The van der Waals surface area contributed by atoms with Crippen LogP contribution in [0.1, 0.15) is 38.5 Å². The summed E-state index contributed by atoms with van der Waals surface area (Å²) in [4.78, 5) is 11.7. The van der Waals surface area contributed by atoms with E-state index >= 15 is 0 Å². The summed E-state index contributed by atoms with van der Waals surface area (Å²) in [6, 6.07) is 3.58. The normalized spacial score (nSPS) is 14.4. The predicted molar refractivity (Wildman–Crippen MR) is 62.7 cm³/mol. The van der Waals surface area contributed by atoms with E-state index in [1.54, 1.807) is 6.26 Å². The molecule has 0 aliphatic rings. The molecule has 1 rings (SSSR count). The molecule has 0 aliphatic heterocycles. The van der Waals surface area contributed by atoms with E-state index in [1.807, 2.05) is 26.0 Å². The van der Waals surface area contributed by atoms with Crippen LogP contribution < -0.4 is 11.1 Å². The van der Waals surface area contributed by atoms with E-state index in [-0.39, 0.29) is 17.9 Å². The molecule has 0 saturated carbocycles. The largest absolute Gasteiger partial charge is 0.467 e. The van der Waals surface area contributed by atoms with Crippen molar-refractivity contribution in [2.24, 2.45) is 11.7 Å². The van der Waals surface area contributed by atoms with Gasteiger partial charge in [0, 0.05) is 6.42 Å². The molecule has 1 heterocycles. The van der Waals surface area contributed by atoms with Gasteiger partial charge in [0.2, 0.25) is 5.91 Å². The summed E-state index contributed by atoms with van der Waals surface area (Å²) < 4.78 is 5.21. The number of hydrogen-bond donors (Lipinski definition) is 2. The molecule has 0 radical (unpaired) electrons. The van der Waals surface area contributed by atoms with E-state index in [0.29, 0.717) is 13.0 Å². The lowest BCUT2D eigenvalue weighted by Crippen LogP contribution is -2.29. The Kier molecular flexibility index (Phi) is 5.05. The van der Waals surface area contributed by atoms with Crippen molar-refractivity contribution < 1.29 is 9.21 Å². The Morgan fingerprint density at radius 2 is 2.38 bits per heavy atom. The lowest BCUT2D eigenvalue weighted by Gasteiger charge is -2.15. The van der Waals surface area contributed by atoms with Gasteiger partial charge in [-0.05, 0) is 31.5 Å². The zero-order valence-corrected chi connectivity index (χ0v) is 9.90. The standard InChI is InChI=1S/C12H20N2O2/c1-3-10(8-13)7-12(15)14-9(2)11-5-4-6-16-11/h4-6,9-10H,3,7-8,13H2,1-2H3,(H,14,15)/t9-,10?/m0/s1. The van der Waals surface area contributed by atoms with Crippen LogP contribution in [-0.4, -0.2) is 12.5 Å². The van der Waals surface area contributed by atoms with Crippen LogP contribution in [-0.2, 0) is 4.79 Å². The topological polar surface area (TPSA) is 68.3 Å². The Morgan fingerprint density at radius 1 is 1.62 bits per heavy atom. The molecule has 0 fully saturated rings. The fourth-order valence-corrected chi connectivity index (χ4v) is 1.57. The van der Waals surface area contributed by atoms with Crippen molar-refractivity contribution in [1.29, 1.82) is 0 Å². The first-order chi connectivity index (χ1) is 7.67. The monoisotopic (exact) mass is 224 g/mol. The van der Waals surface area contributed by atoms with Crippen LogP contribution in [0.4, 0.5) is 0 Å². The fraction of sp³-hybridized carbons (Fsp3) is 0.583. The molecule has 0 aromatic carbocycles. The Balaban J connectivity index is 2.39. The Labute approximate surface area is 96.2 Å². The average Bonchev–Trinajstić information content (AvgIpc) is 2.79. The molecular formula is C12H20N2O2. The molecule has 4 heteroatoms. The van der Waals surface area contributed by atoms with Crippen LogP contribution in [0.5, 0.6) is 0 Å². The molecule has 0 spiro atoms. The first-order valence-corrected chi connectivity index (χ1v) is 5.70. The summed E-state index contributed by atoms with van der Waals surface area (Å²) in [5.41, 5.74) is 5.56. The summed E-state index contributed by atoms with van der Waals surface area (Å²) in [6.45, 7) is 4.50. The van der Waals surface area contributed by atoms with Crippen molar-refractivity contribution in [3.63, 3.8) is 0 Å². The second-order valence-corrected chi connectivity index (χ2v) is 4.02. The zero-order chi connectivity index (χ0) is 12.0. The summed E-state index contributed by atoms with van der Waals surface area (Å²) in [6.07, 6.45) is 3.02. The molecule has 16 heavy (non-hydrogen) atoms. The summed E-state index contributed by atoms with van der Waals surface area (Å²) in [7, 11) is 0. The van der Waals surface area contributed by atoms with Crippen molar-refractivity contribution in [2.75, 3.05) is 6.54 Å². The molecule has 0 bridgehead atoms. The van der Waals surface area contributed by atoms with Gasteiger partial charge in [0.05, 0.1) is 12.3 Å². The minimum atomic E-state index is -0.0854. The van der Waals surface area contributed by atoms with Crippen molar-refractivity contribution in [3.05, 3.63) is 24.2 Å². The number of furan rings is 1. The van der Waals surface area contributed by atoms with Gasteiger partial charge in [-0.3, -0.25) is 4.79 Å². The van der Waals surface area contributed by atoms with Crippen LogP contribution in [0.2, 0.25) is 0 Å². The molecule has 2 atom stereocenters. The second-order valence-electron chi connectivity index (χ2n) is 4.02. The van der Waals surface area contributed by atoms with E-state index in [4.69, 9.17) is 10.2 Å². The summed E-state index contributed by atoms with van der Waals surface area (Å²) in [5.74, 6) is 1.07. The number of rotatable bonds is 6. The van der Waals surface area contributed by atoms with E-state index in [0.717, 1.165) is 12.2 Å². The van der Waals surface area contributed by atoms with Crippen molar-refractivity contribution >= 4 is 5.91 Å². The molecular weight excluding hydrogens is 204 g/mol. The summed E-state index contributed by atoms with van der Waals surface area (Å²) >= 11 is 0. The number of amides is 1. The predicted octanol–water partition coefficient (Wildman–Crippen LogP) is 1.83. The zero-order valence-electron chi connectivity index (χ0n) is 9.90. The van der Waals surface area contributed by atoms with Gasteiger partial charge in [-0.1, -0.05) is 13.3 Å². The van der Waals surface area contributed by atoms with Crippen LogP contribution in [0.3, 0.4) is 0 Å². The van der Waals surface area contributed by atoms with Crippen LogP contribution >= 0.6 is 0 Å². The highest BCUT2D eigenvalue weighted by atomic mass is 16.3. The number of carbonyl (C=O) groups is 1. The third kappa shape index (κ3) is 3.70. The van der Waals surface area contributed by atoms with E-state index in [2.05, 4.69) is 5.32 Å². The Hall–Kier alpha value is -1.29. The van der Waals surface area contributed by atoms with Crippen LogP contribution in [0.15, 0.2) is 22.8 Å². The Bertz CT molecular complexity index is 305.